The van der Waals surface area contributed by atoms with Crippen LogP contribution >= 0.6 is 12.2 Å². The van der Waals surface area contributed by atoms with E-state index in [2.05, 4.69) is 5.32 Å². The normalized spacial score (nSPS) is 21.3. The molecule has 0 aromatic heterocycles. The van der Waals surface area contributed by atoms with Crippen molar-refractivity contribution in [3.05, 3.63) is 46.7 Å². The third kappa shape index (κ3) is 3.42. The highest BCUT2D eigenvalue weighted by Crippen LogP contribution is 2.38. The van der Waals surface area contributed by atoms with Crippen LogP contribution in [0.25, 0.3) is 0 Å². The molecule has 0 fully saturated rings. The topological polar surface area (TPSA) is 32.3 Å². The fourth-order valence-corrected chi connectivity index (χ4v) is 3.74. The van der Waals surface area contributed by atoms with Crippen molar-refractivity contribution in [2.75, 3.05) is 6.54 Å². The highest BCUT2D eigenvalue weighted by atomic mass is 32.1. The number of benzene rings is 1. The first-order valence-corrected chi connectivity index (χ1v) is 8.75. The first-order valence-electron chi connectivity index (χ1n) is 8.34. The molecule has 3 nitrogen and oxygen atoms in total. The maximum atomic E-state index is 12.8. The minimum absolute atomic E-state index is 0.0438. The number of carbonyl (C=O) groups excluding carboxylic acids is 1. The van der Waals surface area contributed by atoms with Crippen molar-refractivity contribution in [2.45, 2.75) is 44.8 Å². The number of halogens is 3. The van der Waals surface area contributed by atoms with Crippen LogP contribution in [0, 0.1) is 0 Å². The fourth-order valence-electron chi connectivity index (χ4n) is 3.43. The number of rotatable bonds is 3. The average Bonchev–Trinajstić information content (AvgIpc) is 2.57. The molecule has 1 aliphatic heterocycles. The molecular weight excluding hydrogens is 349 g/mol. The van der Waals surface area contributed by atoms with Crippen LogP contribution in [0.5, 0.6) is 0 Å². The Bertz CT molecular complexity index is 725. The van der Waals surface area contributed by atoms with Crippen molar-refractivity contribution in [3.63, 3.8) is 0 Å². The molecule has 7 heteroatoms. The van der Waals surface area contributed by atoms with Gasteiger partial charge in [0.25, 0.3) is 0 Å². The summed E-state index contributed by atoms with van der Waals surface area (Å²) in [5.74, 6) is 0.0438. The summed E-state index contributed by atoms with van der Waals surface area (Å²) in [5, 5.41) is 3.68. The largest absolute Gasteiger partial charge is 0.416 e. The van der Waals surface area contributed by atoms with Gasteiger partial charge < -0.3 is 10.2 Å². The van der Waals surface area contributed by atoms with Crippen molar-refractivity contribution in [1.29, 1.82) is 0 Å². The molecule has 1 aromatic rings. The first kappa shape index (κ1) is 17.9. The Morgan fingerprint density at radius 3 is 2.52 bits per heavy atom. The Morgan fingerprint density at radius 1 is 1.24 bits per heavy atom. The van der Waals surface area contributed by atoms with E-state index in [0.29, 0.717) is 22.7 Å². The summed E-state index contributed by atoms with van der Waals surface area (Å²) in [4.78, 5) is 14.5. The van der Waals surface area contributed by atoms with Crippen molar-refractivity contribution in [1.82, 2.24) is 10.2 Å². The predicted molar refractivity (Wildman–Crippen MR) is 92.8 cm³/mol. The Morgan fingerprint density at radius 2 is 1.92 bits per heavy atom. The maximum absolute atomic E-state index is 12.8. The highest BCUT2D eigenvalue weighted by Gasteiger charge is 2.37. The molecule has 1 unspecified atom stereocenters. The molecule has 1 aliphatic carbocycles. The standard InChI is InChI=1S/C18H19F3N2OS/c1-2-10-23-13-4-3-5-14(24)15(13)16(22-17(23)25)11-6-8-12(9-7-11)18(19,20)21/h6-9,16H,2-5,10H2,1H3,(H,22,25). The molecule has 2 aliphatic rings. The lowest BCUT2D eigenvalue weighted by Gasteiger charge is -2.41. The number of thiocarbonyl (C=S) groups is 1. The summed E-state index contributed by atoms with van der Waals surface area (Å²) in [6.45, 7) is 2.76. The Kier molecular flexibility index (Phi) is 4.86. The van der Waals surface area contributed by atoms with Crippen LogP contribution in [0.15, 0.2) is 35.5 Å². The van der Waals surface area contributed by atoms with Gasteiger partial charge in [0.1, 0.15) is 0 Å². The van der Waals surface area contributed by atoms with Crippen LogP contribution in [0.3, 0.4) is 0 Å². The lowest BCUT2D eigenvalue weighted by molar-refractivity contribution is -0.137. The number of nitrogens with one attached hydrogen (secondary N) is 1. The number of ketones is 1. The average molecular weight is 368 g/mol. The van der Waals surface area contributed by atoms with E-state index in [-0.39, 0.29) is 5.78 Å². The Hall–Kier alpha value is -1.89. The van der Waals surface area contributed by atoms with E-state index < -0.39 is 17.8 Å². The summed E-state index contributed by atoms with van der Waals surface area (Å²) < 4.78 is 38.4. The number of Topliss-reactive ketones (excluding diaryl/α,β-unsaturated/α-hetero) is 1. The SMILES string of the molecule is CCCN1C(=S)NC(c2ccc(C(F)(F)F)cc2)C2=C1CCCC2=O. The minimum atomic E-state index is -4.38. The smallest absolute Gasteiger partial charge is 0.351 e. The molecular formula is C18H19F3N2OS. The van der Waals surface area contributed by atoms with Crippen LogP contribution in [-0.4, -0.2) is 22.3 Å². The number of alkyl halides is 3. The minimum Gasteiger partial charge on any atom is -0.351 e. The zero-order chi connectivity index (χ0) is 18.2. The monoisotopic (exact) mass is 368 g/mol. The van der Waals surface area contributed by atoms with Gasteiger partial charge in [-0.15, -0.1) is 0 Å². The van der Waals surface area contributed by atoms with Crippen LogP contribution in [0.2, 0.25) is 0 Å². The summed E-state index contributed by atoms with van der Waals surface area (Å²) in [5.41, 5.74) is 1.49. The zero-order valence-electron chi connectivity index (χ0n) is 13.8. The number of allylic oxidation sites excluding steroid dienone is 1. The van der Waals surface area contributed by atoms with Gasteiger partial charge in [0.05, 0.1) is 11.6 Å². The van der Waals surface area contributed by atoms with Gasteiger partial charge in [-0.05, 0) is 49.2 Å². The quantitative estimate of drug-likeness (QED) is 0.804. The molecule has 1 N–H and O–H groups in total. The lowest BCUT2D eigenvalue weighted by atomic mass is 9.84. The Labute approximate surface area is 149 Å². The molecule has 3 rings (SSSR count). The molecule has 0 spiro atoms. The molecule has 25 heavy (non-hydrogen) atoms. The first-order chi connectivity index (χ1) is 11.8. The van der Waals surface area contributed by atoms with E-state index >= 15 is 0 Å². The van der Waals surface area contributed by atoms with Crippen molar-refractivity contribution < 1.29 is 18.0 Å². The van der Waals surface area contributed by atoms with Gasteiger partial charge in [-0.1, -0.05) is 19.1 Å². The van der Waals surface area contributed by atoms with E-state index in [4.69, 9.17) is 12.2 Å². The molecule has 0 saturated carbocycles. The lowest BCUT2D eigenvalue weighted by Crippen LogP contribution is -2.49. The Balaban J connectivity index is 2.02. The third-order valence-electron chi connectivity index (χ3n) is 4.57. The molecule has 0 bridgehead atoms. The number of hydrogen-bond donors (Lipinski definition) is 1. The number of carbonyl (C=O) groups is 1. The van der Waals surface area contributed by atoms with E-state index in [1.54, 1.807) is 0 Å². The predicted octanol–water partition coefficient (Wildman–Crippen LogP) is 4.35. The second kappa shape index (κ2) is 6.78. The second-order valence-electron chi connectivity index (χ2n) is 6.29. The molecule has 134 valence electrons. The third-order valence-corrected chi connectivity index (χ3v) is 4.91. The molecule has 1 aromatic carbocycles. The molecule has 1 atom stereocenters. The van der Waals surface area contributed by atoms with E-state index in [9.17, 15) is 18.0 Å². The molecule has 1 heterocycles. The van der Waals surface area contributed by atoms with Crippen LogP contribution < -0.4 is 5.32 Å². The van der Waals surface area contributed by atoms with Crippen molar-refractivity contribution >= 4 is 23.1 Å². The molecule has 0 saturated heterocycles. The van der Waals surface area contributed by atoms with Crippen LogP contribution in [0.1, 0.15) is 49.8 Å². The van der Waals surface area contributed by atoms with Gasteiger partial charge in [-0.2, -0.15) is 13.2 Å². The maximum Gasteiger partial charge on any atom is 0.416 e. The van der Waals surface area contributed by atoms with Gasteiger partial charge in [0.2, 0.25) is 0 Å². The van der Waals surface area contributed by atoms with E-state index in [0.717, 1.165) is 43.6 Å². The van der Waals surface area contributed by atoms with Crippen molar-refractivity contribution in [3.8, 4) is 0 Å². The van der Waals surface area contributed by atoms with E-state index in [1.807, 2.05) is 11.8 Å². The zero-order valence-corrected chi connectivity index (χ0v) is 14.6. The number of hydrogen-bond acceptors (Lipinski definition) is 2. The van der Waals surface area contributed by atoms with Gasteiger partial charge in [0, 0.05) is 24.2 Å². The van der Waals surface area contributed by atoms with Crippen LogP contribution in [0.4, 0.5) is 13.2 Å². The summed E-state index contributed by atoms with van der Waals surface area (Å²) in [7, 11) is 0. The van der Waals surface area contributed by atoms with Gasteiger partial charge in [-0.3, -0.25) is 4.79 Å². The molecule has 0 amide bonds. The molecule has 0 radical (unpaired) electrons. The summed E-state index contributed by atoms with van der Waals surface area (Å²) >= 11 is 5.45. The van der Waals surface area contributed by atoms with Gasteiger partial charge >= 0.3 is 6.18 Å². The highest BCUT2D eigenvalue weighted by molar-refractivity contribution is 7.80. The van der Waals surface area contributed by atoms with Gasteiger partial charge in [0.15, 0.2) is 10.9 Å². The number of nitrogens with zero attached hydrogens (tertiary/aromatic N) is 1. The summed E-state index contributed by atoms with van der Waals surface area (Å²) in [6, 6.07) is 4.46. The van der Waals surface area contributed by atoms with Crippen molar-refractivity contribution in [2.24, 2.45) is 0 Å². The van der Waals surface area contributed by atoms with Gasteiger partial charge in [-0.25, -0.2) is 0 Å². The summed E-state index contributed by atoms with van der Waals surface area (Å²) in [6.07, 6.45) is -1.49. The van der Waals surface area contributed by atoms with Crippen LogP contribution in [-0.2, 0) is 11.0 Å². The fraction of sp³-hybridized carbons (Fsp3) is 0.444. The second-order valence-corrected chi connectivity index (χ2v) is 6.68. The van der Waals surface area contributed by atoms with E-state index in [1.165, 1.54) is 12.1 Å².